The van der Waals surface area contributed by atoms with Crippen molar-refractivity contribution < 1.29 is 9.53 Å². The third-order valence-corrected chi connectivity index (χ3v) is 5.85. The van der Waals surface area contributed by atoms with Gasteiger partial charge in [0.05, 0.1) is 16.5 Å². The molecular weight excluding hydrogens is 499 g/mol. The number of aromatic nitrogens is 3. The molecule has 0 radical (unpaired) electrons. The molecule has 0 fully saturated rings. The molecule has 0 bridgehead atoms. The fourth-order valence-corrected chi connectivity index (χ4v) is 4.10. The van der Waals surface area contributed by atoms with Crippen molar-refractivity contribution in [1.29, 1.82) is 0 Å². The van der Waals surface area contributed by atoms with E-state index in [1.807, 2.05) is 17.6 Å². The monoisotopic (exact) mass is 514 g/mol. The largest absolute Gasteiger partial charge is 0.486 e. The van der Waals surface area contributed by atoms with Crippen molar-refractivity contribution in [2.45, 2.75) is 25.2 Å². The number of amides is 1. The lowest BCUT2D eigenvalue weighted by Gasteiger charge is -2.09. The quantitative estimate of drug-likeness (QED) is 0.391. The van der Waals surface area contributed by atoms with Gasteiger partial charge in [0.25, 0.3) is 0 Å². The molecule has 0 spiro atoms. The lowest BCUT2D eigenvalue weighted by atomic mass is 10.3. The number of anilines is 1. The minimum absolute atomic E-state index is 0.177. The molecule has 0 aliphatic carbocycles. The molecule has 2 aromatic carbocycles. The average Bonchev–Trinajstić information content (AvgIpc) is 3.10. The van der Waals surface area contributed by atoms with E-state index in [1.165, 1.54) is 11.8 Å². The highest BCUT2D eigenvalue weighted by Crippen LogP contribution is 2.26. The van der Waals surface area contributed by atoms with Crippen molar-refractivity contribution in [3.05, 3.63) is 62.8 Å². The van der Waals surface area contributed by atoms with Gasteiger partial charge in [0.1, 0.15) is 12.4 Å². The van der Waals surface area contributed by atoms with Crippen LogP contribution in [0.5, 0.6) is 5.75 Å². The summed E-state index contributed by atoms with van der Waals surface area (Å²) >= 11 is 16.7. The predicted octanol–water partition coefficient (Wildman–Crippen LogP) is 5.68. The normalized spacial score (nSPS) is 10.8. The summed E-state index contributed by atoms with van der Waals surface area (Å²) in [7, 11) is 0. The van der Waals surface area contributed by atoms with Gasteiger partial charge < -0.3 is 14.6 Å². The second kappa shape index (κ2) is 10.3. The minimum Gasteiger partial charge on any atom is -0.486 e. The number of nitrogens with one attached hydrogen (secondary N) is 1. The van der Waals surface area contributed by atoms with Crippen LogP contribution in [-0.2, 0) is 17.9 Å². The Labute approximate surface area is 191 Å². The first-order chi connectivity index (χ1) is 14.0. The van der Waals surface area contributed by atoms with Gasteiger partial charge in [0.15, 0.2) is 11.0 Å². The number of benzene rings is 2. The molecule has 29 heavy (non-hydrogen) atoms. The third kappa shape index (κ3) is 6.12. The molecule has 0 aliphatic rings. The lowest BCUT2D eigenvalue weighted by molar-refractivity contribution is -0.113. The number of halogens is 3. The number of hydrogen-bond donors (Lipinski definition) is 1. The van der Waals surface area contributed by atoms with Crippen molar-refractivity contribution in [3.8, 4) is 5.75 Å². The maximum Gasteiger partial charge on any atom is 0.234 e. The Morgan fingerprint density at radius 2 is 1.97 bits per heavy atom. The summed E-state index contributed by atoms with van der Waals surface area (Å²) in [4.78, 5) is 12.3. The molecule has 1 N–H and O–H groups in total. The van der Waals surface area contributed by atoms with Crippen molar-refractivity contribution in [3.63, 3.8) is 0 Å². The first-order valence-corrected chi connectivity index (χ1v) is 11.2. The zero-order valence-electron chi connectivity index (χ0n) is 15.4. The molecule has 3 rings (SSSR count). The van der Waals surface area contributed by atoms with E-state index < -0.39 is 0 Å². The molecule has 0 aliphatic heterocycles. The summed E-state index contributed by atoms with van der Waals surface area (Å²) in [5.41, 5.74) is 0.564. The Morgan fingerprint density at radius 3 is 2.66 bits per heavy atom. The Kier molecular flexibility index (Phi) is 7.83. The highest BCUT2D eigenvalue weighted by atomic mass is 79.9. The molecular formula is C19H17BrCl2N4O2S. The highest BCUT2D eigenvalue weighted by molar-refractivity contribution is 9.10. The molecule has 0 saturated carbocycles. The molecule has 6 nitrogen and oxygen atoms in total. The van der Waals surface area contributed by atoms with Crippen LogP contribution in [0.2, 0.25) is 10.0 Å². The topological polar surface area (TPSA) is 69.0 Å². The number of hydrogen-bond acceptors (Lipinski definition) is 5. The average molecular weight is 516 g/mol. The van der Waals surface area contributed by atoms with Gasteiger partial charge in [-0.3, -0.25) is 4.79 Å². The van der Waals surface area contributed by atoms with Gasteiger partial charge in [0, 0.05) is 16.0 Å². The van der Waals surface area contributed by atoms with E-state index in [2.05, 4.69) is 31.4 Å². The summed E-state index contributed by atoms with van der Waals surface area (Å²) < 4.78 is 8.50. The van der Waals surface area contributed by atoms with Crippen LogP contribution in [0.25, 0.3) is 0 Å². The van der Waals surface area contributed by atoms with Gasteiger partial charge >= 0.3 is 0 Å². The van der Waals surface area contributed by atoms with Crippen LogP contribution in [0.15, 0.2) is 52.1 Å². The van der Waals surface area contributed by atoms with Crippen LogP contribution >= 0.6 is 50.9 Å². The van der Waals surface area contributed by atoms with Crippen molar-refractivity contribution in [1.82, 2.24) is 14.8 Å². The Balaban J connectivity index is 1.58. The summed E-state index contributed by atoms with van der Waals surface area (Å²) in [5.74, 6) is 1.38. The molecule has 1 aromatic heterocycles. The summed E-state index contributed by atoms with van der Waals surface area (Å²) in [5, 5.41) is 12.9. The van der Waals surface area contributed by atoms with E-state index in [-0.39, 0.29) is 18.3 Å². The van der Waals surface area contributed by atoms with Crippen LogP contribution in [0, 0.1) is 0 Å². The Hall–Kier alpha value is -1.74. The fraction of sp³-hybridized carbons (Fsp3) is 0.211. The SMILES string of the molecule is CCn1c(COc2ccc(Cl)cc2)nnc1SCC(=O)Nc1ccc(Br)cc1Cl. The molecule has 3 aromatic rings. The lowest BCUT2D eigenvalue weighted by Crippen LogP contribution is -2.15. The maximum atomic E-state index is 12.3. The minimum atomic E-state index is -0.177. The summed E-state index contributed by atoms with van der Waals surface area (Å²) in [6, 6.07) is 12.4. The van der Waals surface area contributed by atoms with E-state index in [0.29, 0.717) is 39.0 Å². The smallest absolute Gasteiger partial charge is 0.234 e. The fourth-order valence-electron chi connectivity index (χ4n) is 2.44. The van der Waals surface area contributed by atoms with Crippen molar-refractivity contribution >= 4 is 62.5 Å². The Morgan fingerprint density at radius 1 is 1.21 bits per heavy atom. The number of rotatable bonds is 8. The van der Waals surface area contributed by atoms with Gasteiger partial charge in [-0.25, -0.2) is 0 Å². The second-order valence-electron chi connectivity index (χ2n) is 5.85. The van der Waals surface area contributed by atoms with Gasteiger partial charge in [0.2, 0.25) is 5.91 Å². The number of carbonyl (C=O) groups excluding carboxylic acids is 1. The standard InChI is InChI=1S/C19H17BrCl2N4O2S/c1-2-26-17(10-28-14-6-4-13(21)5-7-14)24-25-19(26)29-11-18(27)23-16-8-3-12(20)9-15(16)22/h3-9H,2,10-11H2,1H3,(H,23,27). The first kappa shape index (κ1) is 22.0. The summed E-state index contributed by atoms with van der Waals surface area (Å²) in [6.45, 7) is 2.92. The number of ether oxygens (including phenoxy) is 1. The van der Waals surface area contributed by atoms with Crippen molar-refractivity contribution in [2.75, 3.05) is 11.1 Å². The molecule has 0 saturated heterocycles. The molecule has 152 valence electrons. The summed E-state index contributed by atoms with van der Waals surface area (Å²) in [6.07, 6.45) is 0. The zero-order valence-corrected chi connectivity index (χ0v) is 19.3. The van der Waals surface area contributed by atoms with Gasteiger partial charge in [-0.1, -0.05) is 50.9 Å². The van der Waals surface area contributed by atoms with Crippen LogP contribution in [-0.4, -0.2) is 26.4 Å². The molecule has 10 heteroatoms. The Bertz CT molecular complexity index is 998. The van der Waals surface area contributed by atoms with Gasteiger partial charge in [-0.15, -0.1) is 10.2 Å². The first-order valence-electron chi connectivity index (χ1n) is 8.64. The number of carbonyl (C=O) groups is 1. The van der Waals surface area contributed by atoms with Crippen LogP contribution in [0.3, 0.4) is 0 Å². The molecule has 0 atom stereocenters. The van der Waals surface area contributed by atoms with Crippen LogP contribution < -0.4 is 10.1 Å². The predicted molar refractivity (Wildman–Crippen MR) is 120 cm³/mol. The van der Waals surface area contributed by atoms with Crippen LogP contribution in [0.4, 0.5) is 5.69 Å². The van der Waals surface area contributed by atoms with Crippen LogP contribution in [0.1, 0.15) is 12.7 Å². The second-order valence-corrected chi connectivity index (χ2v) is 8.55. The molecule has 1 amide bonds. The van der Waals surface area contributed by atoms with E-state index in [1.54, 1.807) is 36.4 Å². The molecule has 0 unspecified atom stereocenters. The number of thioether (sulfide) groups is 1. The van der Waals surface area contributed by atoms with Gasteiger partial charge in [-0.2, -0.15) is 0 Å². The zero-order chi connectivity index (χ0) is 20.8. The van der Waals surface area contributed by atoms with Crippen molar-refractivity contribution in [2.24, 2.45) is 0 Å². The third-order valence-electron chi connectivity index (χ3n) is 3.83. The van der Waals surface area contributed by atoms with E-state index in [9.17, 15) is 4.79 Å². The van der Waals surface area contributed by atoms with Gasteiger partial charge in [-0.05, 0) is 49.4 Å². The molecule has 1 heterocycles. The number of nitrogens with zero attached hydrogens (tertiary/aromatic N) is 3. The van der Waals surface area contributed by atoms with E-state index >= 15 is 0 Å². The highest BCUT2D eigenvalue weighted by Gasteiger charge is 2.14. The van der Waals surface area contributed by atoms with E-state index in [0.717, 1.165) is 4.47 Å². The maximum absolute atomic E-state index is 12.3. The van der Waals surface area contributed by atoms with E-state index in [4.69, 9.17) is 27.9 Å².